The minimum absolute atomic E-state index is 0.183. The number of pyridine rings is 1. The van der Waals surface area contributed by atoms with Gasteiger partial charge in [0.25, 0.3) is 0 Å². The number of nitrogens with two attached hydrogens (primary N) is 1. The lowest BCUT2D eigenvalue weighted by atomic mass is 10.0. The van der Waals surface area contributed by atoms with Crippen molar-refractivity contribution in [2.24, 2.45) is 0 Å². The van der Waals surface area contributed by atoms with Crippen LogP contribution >= 0.6 is 11.6 Å². The lowest BCUT2D eigenvalue weighted by Crippen LogP contribution is -1.90. The fourth-order valence-corrected chi connectivity index (χ4v) is 2.11. The zero-order valence-corrected chi connectivity index (χ0v) is 10.9. The quantitative estimate of drug-likeness (QED) is 0.780. The molecule has 2 aromatic heterocycles. The van der Waals surface area contributed by atoms with Crippen molar-refractivity contribution in [2.75, 3.05) is 5.73 Å². The number of benzene rings is 1. The van der Waals surface area contributed by atoms with Gasteiger partial charge in [-0.25, -0.2) is 4.39 Å². The van der Waals surface area contributed by atoms with Crippen molar-refractivity contribution in [3.05, 3.63) is 53.6 Å². The summed E-state index contributed by atoms with van der Waals surface area (Å²) in [6.07, 6.45) is 3.25. The molecule has 4 nitrogen and oxygen atoms in total. The van der Waals surface area contributed by atoms with E-state index in [4.69, 9.17) is 21.9 Å². The molecule has 1 aromatic carbocycles. The summed E-state index contributed by atoms with van der Waals surface area (Å²) in [6.45, 7) is 0. The lowest BCUT2D eigenvalue weighted by Gasteiger charge is -2.03. The van der Waals surface area contributed by atoms with Crippen LogP contribution in [0.2, 0.25) is 5.02 Å². The average molecular weight is 290 g/mol. The summed E-state index contributed by atoms with van der Waals surface area (Å²) in [6, 6.07) is 7.86. The molecule has 2 N–H and O–H groups in total. The van der Waals surface area contributed by atoms with Gasteiger partial charge in [0.2, 0.25) is 0 Å². The molecule has 0 saturated heterocycles. The number of halogens is 2. The van der Waals surface area contributed by atoms with Crippen LogP contribution in [0.25, 0.3) is 22.5 Å². The molecule has 0 aliphatic carbocycles. The molecule has 20 heavy (non-hydrogen) atoms. The van der Waals surface area contributed by atoms with E-state index < -0.39 is 5.82 Å². The minimum Gasteiger partial charge on any atom is -0.380 e. The van der Waals surface area contributed by atoms with Gasteiger partial charge in [0, 0.05) is 23.0 Å². The van der Waals surface area contributed by atoms with Crippen LogP contribution in [-0.2, 0) is 0 Å². The largest absolute Gasteiger partial charge is 0.380 e. The molecule has 3 rings (SSSR count). The van der Waals surface area contributed by atoms with Gasteiger partial charge in [-0.3, -0.25) is 4.98 Å². The van der Waals surface area contributed by atoms with Gasteiger partial charge in [-0.05, 0) is 24.3 Å². The van der Waals surface area contributed by atoms with Gasteiger partial charge in [0.05, 0.1) is 11.1 Å². The Labute approximate surface area is 119 Å². The normalized spacial score (nSPS) is 10.7. The second-order valence-electron chi connectivity index (χ2n) is 4.14. The number of hydrogen-bond acceptors (Lipinski definition) is 4. The Morgan fingerprint density at radius 1 is 1.25 bits per heavy atom. The van der Waals surface area contributed by atoms with Crippen molar-refractivity contribution >= 4 is 17.4 Å². The molecule has 0 atom stereocenters. The van der Waals surface area contributed by atoms with Crippen LogP contribution in [0, 0.1) is 5.82 Å². The average Bonchev–Trinajstić information content (AvgIpc) is 2.81. The van der Waals surface area contributed by atoms with Gasteiger partial charge in [0.15, 0.2) is 11.6 Å². The van der Waals surface area contributed by atoms with E-state index in [2.05, 4.69) is 10.1 Å². The van der Waals surface area contributed by atoms with Crippen molar-refractivity contribution in [3.8, 4) is 22.5 Å². The molecule has 0 amide bonds. The first-order valence-corrected chi connectivity index (χ1v) is 6.15. The molecule has 0 radical (unpaired) electrons. The van der Waals surface area contributed by atoms with E-state index in [0.717, 1.165) is 0 Å². The van der Waals surface area contributed by atoms with Gasteiger partial charge in [-0.15, -0.1) is 0 Å². The molecular weight excluding hydrogens is 281 g/mol. The Bertz CT molecular complexity index is 758. The van der Waals surface area contributed by atoms with Crippen LogP contribution in [0.1, 0.15) is 0 Å². The predicted octanol–water partition coefficient (Wildman–Crippen LogP) is 3.78. The van der Waals surface area contributed by atoms with Crippen LogP contribution in [0.4, 0.5) is 10.2 Å². The van der Waals surface area contributed by atoms with E-state index in [1.807, 2.05) is 0 Å². The maximum Gasteiger partial charge on any atom is 0.179 e. The number of nitrogen functional groups attached to an aromatic ring is 1. The fourth-order valence-electron chi connectivity index (χ4n) is 1.95. The van der Waals surface area contributed by atoms with Crippen LogP contribution < -0.4 is 5.73 Å². The first-order chi connectivity index (χ1) is 9.66. The van der Waals surface area contributed by atoms with Crippen molar-refractivity contribution in [3.63, 3.8) is 0 Å². The SMILES string of the molecule is Nc1noc(-c2ccc(Cl)cc2F)c1-c1cccnc1. The molecule has 0 unspecified atom stereocenters. The standard InChI is InChI=1S/C14H9ClFN3O/c15-9-3-4-10(11(16)6-9)13-12(14(17)19-20-13)8-2-1-5-18-7-8/h1-7H,(H2,17,19). The Morgan fingerprint density at radius 3 is 2.80 bits per heavy atom. The molecule has 0 fully saturated rings. The van der Waals surface area contributed by atoms with Crippen molar-refractivity contribution < 1.29 is 8.91 Å². The van der Waals surface area contributed by atoms with Gasteiger partial charge in [0.1, 0.15) is 5.82 Å². The summed E-state index contributed by atoms with van der Waals surface area (Å²) in [5, 5.41) is 4.02. The van der Waals surface area contributed by atoms with Gasteiger partial charge in [-0.1, -0.05) is 22.8 Å². The molecule has 0 aliphatic rings. The van der Waals surface area contributed by atoms with E-state index in [-0.39, 0.29) is 17.1 Å². The first-order valence-electron chi connectivity index (χ1n) is 5.78. The summed E-state index contributed by atoms with van der Waals surface area (Å²) in [5.41, 5.74) is 7.27. The second-order valence-corrected chi connectivity index (χ2v) is 4.57. The molecule has 0 bridgehead atoms. The maximum absolute atomic E-state index is 14.0. The summed E-state index contributed by atoms with van der Waals surface area (Å²) in [7, 11) is 0. The highest BCUT2D eigenvalue weighted by Crippen LogP contribution is 2.37. The number of hydrogen-bond donors (Lipinski definition) is 1. The third kappa shape index (κ3) is 2.12. The third-order valence-electron chi connectivity index (χ3n) is 2.84. The van der Waals surface area contributed by atoms with E-state index in [1.165, 1.54) is 12.1 Å². The zero-order chi connectivity index (χ0) is 14.1. The van der Waals surface area contributed by atoms with Crippen molar-refractivity contribution in [1.82, 2.24) is 10.1 Å². The topological polar surface area (TPSA) is 64.9 Å². The lowest BCUT2D eigenvalue weighted by molar-refractivity contribution is 0.433. The highest BCUT2D eigenvalue weighted by molar-refractivity contribution is 6.30. The maximum atomic E-state index is 14.0. The van der Waals surface area contributed by atoms with E-state index in [9.17, 15) is 4.39 Å². The van der Waals surface area contributed by atoms with Gasteiger partial charge < -0.3 is 10.3 Å². The molecule has 3 aromatic rings. The Hall–Kier alpha value is -2.40. The number of aromatic nitrogens is 2. The molecule has 6 heteroatoms. The molecule has 0 aliphatic heterocycles. The third-order valence-corrected chi connectivity index (χ3v) is 3.08. The second kappa shape index (κ2) is 4.94. The van der Waals surface area contributed by atoms with E-state index in [0.29, 0.717) is 16.1 Å². The van der Waals surface area contributed by atoms with E-state index in [1.54, 1.807) is 30.6 Å². The number of nitrogens with zero attached hydrogens (tertiary/aromatic N) is 2. The highest BCUT2D eigenvalue weighted by atomic mass is 35.5. The molecule has 0 spiro atoms. The van der Waals surface area contributed by atoms with Crippen LogP contribution in [-0.4, -0.2) is 10.1 Å². The number of anilines is 1. The summed E-state index contributed by atoms with van der Waals surface area (Å²) in [5.74, 6) is -0.0641. The molecule has 0 saturated carbocycles. The predicted molar refractivity (Wildman–Crippen MR) is 74.6 cm³/mol. The first kappa shape index (κ1) is 12.6. The Morgan fingerprint density at radius 2 is 2.10 bits per heavy atom. The minimum atomic E-state index is -0.501. The van der Waals surface area contributed by atoms with Crippen molar-refractivity contribution in [2.45, 2.75) is 0 Å². The highest BCUT2D eigenvalue weighted by Gasteiger charge is 2.20. The van der Waals surface area contributed by atoms with Crippen molar-refractivity contribution in [1.29, 1.82) is 0 Å². The molecular formula is C14H9ClFN3O. The summed E-state index contributed by atoms with van der Waals surface area (Å²) >= 11 is 5.75. The Balaban J connectivity index is 2.21. The monoisotopic (exact) mass is 289 g/mol. The van der Waals surface area contributed by atoms with Gasteiger partial charge in [-0.2, -0.15) is 0 Å². The van der Waals surface area contributed by atoms with Crippen LogP contribution in [0.5, 0.6) is 0 Å². The number of rotatable bonds is 2. The van der Waals surface area contributed by atoms with Crippen LogP contribution in [0.15, 0.2) is 47.2 Å². The van der Waals surface area contributed by atoms with E-state index >= 15 is 0 Å². The molecule has 100 valence electrons. The zero-order valence-electron chi connectivity index (χ0n) is 10.2. The van der Waals surface area contributed by atoms with Gasteiger partial charge >= 0.3 is 0 Å². The summed E-state index contributed by atoms with van der Waals surface area (Å²) in [4.78, 5) is 4.01. The van der Waals surface area contributed by atoms with Crippen LogP contribution in [0.3, 0.4) is 0 Å². The Kier molecular flexibility index (Phi) is 3.12. The molecule has 2 heterocycles. The summed E-state index contributed by atoms with van der Waals surface area (Å²) < 4.78 is 19.2. The fraction of sp³-hybridized carbons (Fsp3) is 0. The smallest absolute Gasteiger partial charge is 0.179 e.